The van der Waals surface area contributed by atoms with E-state index >= 15 is 0 Å². The van der Waals surface area contributed by atoms with Gasteiger partial charge in [0, 0.05) is 0 Å². The first-order valence-electron chi connectivity index (χ1n) is 7.54. The van der Waals surface area contributed by atoms with Crippen molar-refractivity contribution in [2.75, 3.05) is 0 Å². The summed E-state index contributed by atoms with van der Waals surface area (Å²) in [5, 5.41) is 0. The van der Waals surface area contributed by atoms with Crippen LogP contribution in [0, 0.1) is 35.0 Å². The van der Waals surface area contributed by atoms with Crippen LogP contribution in [0.15, 0.2) is 0 Å². The molecule has 0 saturated heterocycles. The second-order valence-corrected chi connectivity index (χ2v) is 6.91. The zero-order valence-electron chi connectivity index (χ0n) is 11.9. The minimum atomic E-state index is 0.732. The lowest BCUT2D eigenvalue weighted by Crippen LogP contribution is -2.37. The van der Waals surface area contributed by atoms with Crippen LogP contribution in [0.1, 0.15) is 66.7 Å². The van der Waals surface area contributed by atoms with Crippen molar-refractivity contribution in [2.24, 2.45) is 35.0 Å². The van der Waals surface area contributed by atoms with Gasteiger partial charge >= 0.3 is 0 Å². The molecule has 0 nitrogen and oxygen atoms in total. The van der Waals surface area contributed by atoms with E-state index in [0.717, 1.165) is 35.0 Å². The average molecular weight is 222 g/mol. The maximum atomic E-state index is 2.57. The highest BCUT2D eigenvalue weighted by Gasteiger charge is 2.59. The fourth-order valence-corrected chi connectivity index (χ4v) is 4.78. The largest absolute Gasteiger partial charge is 0.0654 e. The van der Waals surface area contributed by atoms with Crippen LogP contribution >= 0.6 is 0 Å². The van der Waals surface area contributed by atoms with Gasteiger partial charge in [-0.2, -0.15) is 0 Å². The second kappa shape index (κ2) is 4.35. The lowest BCUT2D eigenvalue weighted by Gasteiger charge is -2.45. The van der Waals surface area contributed by atoms with Crippen molar-refractivity contribution in [1.29, 1.82) is 0 Å². The zero-order chi connectivity index (χ0) is 11.9. The third-order valence-corrected chi connectivity index (χ3v) is 6.23. The number of hydrogen-bond donors (Lipinski definition) is 0. The maximum Gasteiger partial charge on any atom is -0.0215 e. The van der Waals surface area contributed by atoms with Crippen LogP contribution < -0.4 is 0 Å². The van der Waals surface area contributed by atoms with E-state index in [1.165, 1.54) is 32.1 Å². The van der Waals surface area contributed by atoms with Crippen LogP contribution in [0.2, 0.25) is 0 Å². The minimum absolute atomic E-state index is 0.732. The Morgan fingerprint density at radius 3 is 2.12 bits per heavy atom. The van der Waals surface area contributed by atoms with E-state index < -0.39 is 0 Å². The highest BCUT2D eigenvalue weighted by Crippen LogP contribution is 2.67. The molecule has 2 aliphatic carbocycles. The van der Waals surface area contributed by atoms with Gasteiger partial charge in [0.1, 0.15) is 0 Å². The van der Waals surface area contributed by atoms with Gasteiger partial charge in [-0.15, -0.1) is 0 Å². The Morgan fingerprint density at radius 1 is 1.19 bits per heavy atom. The summed E-state index contributed by atoms with van der Waals surface area (Å²) in [7, 11) is 0. The fourth-order valence-electron chi connectivity index (χ4n) is 4.78. The van der Waals surface area contributed by atoms with E-state index in [4.69, 9.17) is 0 Å². The van der Waals surface area contributed by atoms with E-state index in [1.807, 2.05) is 0 Å². The topological polar surface area (TPSA) is 0 Å². The van der Waals surface area contributed by atoms with Crippen molar-refractivity contribution in [3.8, 4) is 0 Å². The molecular weight excluding hydrogens is 192 g/mol. The predicted molar refractivity (Wildman–Crippen MR) is 71.3 cm³/mol. The summed E-state index contributed by atoms with van der Waals surface area (Å²) < 4.78 is 0. The Balaban J connectivity index is 2.04. The van der Waals surface area contributed by atoms with Crippen LogP contribution in [-0.2, 0) is 0 Å². The Labute approximate surface area is 102 Å². The van der Waals surface area contributed by atoms with Crippen molar-refractivity contribution >= 4 is 0 Å². The average Bonchev–Trinajstić information content (AvgIpc) is 2.89. The Hall–Kier alpha value is 0. The minimum Gasteiger partial charge on any atom is -0.0654 e. The highest BCUT2D eigenvalue weighted by atomic mass is 14.6. The van der Waals surface area contributed by atoms with Crippen LogP contribution in [0.3, 0.4) is 0 Å². The van der Waals surface area contributed by atoms with Gasteiger partial charge in [0.2, 0.25) is 0 Å². The fraction of sp³-hybridized carbons (Fsp3) is 1.00. The molecule has 2 fully saturated rings. The molecule has 0 aromatic carbocycles. The van der Waals surface area contributed by atoms with Gasteiger partial charge in [-0.3, -0.25) is 0 Å². The third kappa shape index (κ3) is 1.73. The van der Waals surface area contributed by atoms with Gasteiger partial charge in [0.25, 0.3) is 0 Å². The Bertz CT molecular complexity index is 244. The van der Waals surface area contributed by atoms with Crippen molar-refractivity contribution in [1.82, 2.24) is 0 Å². The number of hydrogen-bond acceptors (Lipinski definition) is 0. The van der Waals surface area contributed by atoms with E-state index in [2.05, 4.69) is 34.6 Å². The van der Waals surface area contributed by atoms with Crippen molar-refractivity contribution in [3.63, 3.8) is 0 Å². The highest BCUT2D eigenvalue weighted by molar-refractivity contribution is 5.08. The summed E-state index contributed by atoms with van der Waals surface area (Å²) in [5.41, 5.74) is 0.732. The molecule has 0 amide bonds. The summed E-state index contributed by atoms with van der Waals surface area (Å²) in [6, 6.07) is 0. The normalized spacial score (nSPS) is 45.9. The first-order chi connectivity index (χ1) is 7.54. The molecule has 0 radical (unpaired) electrons. The Morgan fingerprint density at radius 2 is 1.81 bits per heavy atom. The molecule has 2 saturated carbocycles. The third-order valence-electron chi connectivity index (χ3n) is 6.23. The first kappa shape index (κ1) is 12.5. The van der Waals surface area contributed by atoms with Crippen LogP contribution in [0.5, 0.6) is 0 Å². The van der Waals surface area contributed by atoms with Crippen molar-refractivity contribution < 1.29 is 0 Å². The maximum absolute atomic E-state index is 2.57. The lowest BCUT2D eigenvalue weighted by atomic mass is 9.60. The molecule has 2 aliphatic rings. The standard InChI is InChI=1S/C16H30/c1-6-7-12(3)16(10-13(16)4)14(5)15-9-8-11(15)2/h11-15H,6-10H2,1-5H3. The van der Waals surface area contributed by atoms with E-state index in [0.29, 0.717) is 0 Å². The van der Waals surface area contributed by atoms with Gasteiger partial charge in [-0.25, -0.2) is 0 Å². The first-order valence-corrected chi connectivity index (χ1v) is 7.54. The molecule has 0 bridgehead atoms. The molecular formula is C16H30. The van der Waals surface area contributed by atoms with E-state index in [-0.39, 0.29) is 0 Å². The lowest BCUT2D eigenvalue weighted by molar-refractivity contribution is 0.0446. The van der Waals surface area contributed by atoms with E-state index in [1.54, 1.807) is 0 Å². The van der Waals surface area contributed by atoms with Gasteiger partial charge in [-0.1, -0.05) is 53.9 Å². The SMILES string of the molecule is CCCC(C)C1(C(C)C2CCC2C)CC1C. The smallest absolute Gasteiger partial charge is 0.0215 e. The Kier molecular flexibility index (Phi) is 3.39. The molecule has 0 spiro atoms. The van der Waals surface area contributed by atoms with Crippen LogP contribution in [0.4, 0.5) is 0 Å². The summed E-state index contributed by atoms with van der Waals surface area (Å²) in [5.74, 6) is 4.98. The molecule has 0 aliphatic heterocycles. The summed E-state index contributed by atoms with van der Waals surface area (Å²) in [6.07, 6.45) is 7.31. The van der Waals surface area contributed by atoms with Gasteiger partial charge in [0.15, 0.2) is 0 Å². The summed E-state index contributed by atoms with van der Waals surface area (Å²) in [4.78, 5) is 0. The van der Waals surface area contributed by atoms with Gasteiger partial charge in [-0.05, 0) is 47.8 Å². The molecule has 6 unspecified atom stereocenters. The second-order valence-electron chi connectivity index (χ2n) is 6.91. The molecule has 94 valence electrons. The van der Waals surface area contributed by atoms with Crippen molar-refractivity contribution in [3.05, 3.63) is 0 Å². The molecule has 16 heavy (non-hydrogen) atoms. The van der Waals surface area contributed by atoms with Crippen molar-refractivity contribution in [2.45, 2.75) is 66.7 Å². The van der Waals surface area contributed by atoms with E-state index in [9.17, 15) is 0 Å². The molecule has 0 heteroatoms. The summed E-state index contributed by atoms with van der Waals surface area (Å²) >= 11 is 0. The van der Waals surface area contributed by atoms with Gasteiger partial charge < -0.3 is 0 Å². The monoisotopic (exact) mass is 222 g/mol. The number of rotatable bonds is 5. The van der Waals surface area contributed by atoms with Crippen LogP contribution in [0.25, 0.3) is 0 Å². The molecule has 0 aromatic rings. The summed E-state index contributed by atoms with van der Waals surface area (Å²) in [6.45, 7) is 12.4. The molecule has 6 atom stereocenters. The predicted octanol–water partition coefficient (Wildman–Crippen LogP) is 5.13. The molecule has 0 aromatic heterocycles. The zero-order valence-corrected chi connectivity index (χ0v) is 11.9. The molecule has 0 N–H and O–H groups in total. The quantitative estimate of drug-likeness (QED) is 0.605. The molecule has 2 rings (SSSR count). The van der Waals surface area contributed by atoms with Crippen LogP contribution in [-0.4, -0.2) is 0 Å². The molecule has 0 heterocycles. The van der Waals surface area contributed by atoms with Gasteiger partial charge in [0.05, 0.1) is 0 Å².